The van der Waals surface area contributed by atoms with Gasteiger partial charge in [-0.05, 0) is 32.2 Å². The summed E-state index contributed by atoms with van der Waals surface area (Å²) in [6.45, 7) is 2.77. The molecule has 104 valence electrons. The van der Waals surface area contributed by atoms with E-state index >= 15 is 0 Å². The number of hydrogen-bond donors (Lipinski definition) is 3. The van der Waals surface area contributed by atoms with Crippen LogP contribution in [0, 0.1) is 0 Å². The molecule has 0 unspecified atom stereocenters. The molecule has 0 saturated heterocycles. The third-order valence-corrected chi connectivity index (χ3v) is 2.37. The zero-order chi connectivity index (χ0) is 14.3. The van der Waals surface area contributed by atoms with Crippen molar-refractivity contribution in [2.75, 3.05) is 37.7 Å². The quantitative estimate of drug-likeness (QED) is 0.644. The summed E-state index contributed by atoms with van der Waals surface area (Å²) in [5.74, 6) is -0.279. The highest BCUT2D eigenvalue weighted by molar-refractivity contribution is 5.93. The molecule has 6 heteroatoms. The van der Waals surface area contributed by atoms with Gasteiger partial charge in [-0.15, -0.1) is 0 Å². The SMILES string of the molecule is CCNC(=O)CN(C)CC(=O)Nc1cccc(N)c1. The third-order valence-electron chi connectivity index (χ3n) is 2.37. The molecule has 0 bridgehead atoms. The first-order valence-corrected chi connectivity index (χ1v) is 6.12. The summed E-state index contributed by atoms with van der Waals surface area (Å²) < 4.78 is 0. The van der Waals surface area contributed by atoms with Gasteiger partial charge in [-0.3, -0.25) is 14.5 Å². The molecule has 0 aliphatic carbocycles. The van der Waals surface area contributed by atoms with Crippen molar-refractivity contribution in [1.82, 2.24) is 10.2 Å². The van der Waals surface area contributed by atoms with Crippen LogP contribution in [-0.4, -0.2) is 43.4 Å². The molecule has 0 radical (unpaired) electrons. The number of nitrogen functional groups attached to an aromatic ring is 1. The minimum absolute atomic E-state index is 0.0956. The molecule has 2 amide bonds. The van der Waals surface area contributed by atoms with Gasteiger partial charge in [0.25, 0.3) is 0 Å². The van der Waals surface area contributed by atoms with Crippen LogP contribution >= 0.6 is 0 Å². The first-order valence-electron chi connectivity index (χ1n) is 6.12. The molecule has 6 nitrogen and oxygen atoms in total. The predicted molar refractivity (Wildman–Crippen MR) is 75.7 cm³/mol. The van der Waals surface area contributed by atoms with Gasteiger partial charge >= 0.3 is 0 Å². The van der Waals surface area contributed by atoms with E-state index < -0.39 is 0 Å². The van der Waals surface area contributed by atoms with Gasteiger partial charge in [0.15, 0.2) is 0 Å². The Morgan fingerprint density at radius 3 is 2.58 bits per heavy atom. The lowest BCUT2D eigenvalue weighted by molar-refractivity contribution is -0.122. The maximum Gasteiger partial charge on any atom is 0.238 e. The van der Waals surface area contributed by atoms with Crippen LogP contribution in [0.4, 0.5) is 11.4 Å². The van der Waals surface area contributed by atoms with Crippen molar-refractivity contribution in [3.63, 3.8) is 0 Å². The minimum Gasteiger partial charge on any atom is -0.399 e. The zero-order valence-electron chi connectivity index (χ0n) is 11.3. The molecular formula is C13H20N4O2. The van der Waals surface area contributed by atoms with Crippen molar-refractivity contribution < 1.29 is 9.59 Å². The molecule has 0 saturated carbocycles. The maximum atomic E-state index is 11.7. The van der Waals surface area contributed by atoms with Gasteiger partial charge in [-0.1, -0.05) is 6.07 Å². The smallest absolute Gasteiger partial charge is 0.238 e. The third kappa shape index (κ3) is 5.87. The van der Waals surface area contributed by atoms with E-state index in [1.807, 2.05) is 6.92 Å². The average Bonchev–Trinajstić information content (AvgIpc) is 2.28. The summed E-state index contributed by atoms with van der Waals surface area (Å²) in [5, 5.41) is 5.40. The Morgan fingerprint density at radius 1 is 1.26 bits per heavy atom. The largest absolute Gasteiger partial charge is 0.399 e. The zero-order valence-corrected chi connectivity index (χ0v) is 11.3. The number of benzene rings is 1. The van der Waals surface area contributed by atoms with Gasteiger partial charge in [0.1, 0.15) is 0 Å². The highest BCUT2D eigenvalue weighted by Gasteiger charge is 2.10. The average molecular weight is 264 g/mol. The number of carbonyl (C=O) groups excluding carboxylic acids is 2. The normalized spacial score (nSPS) is 10.3. The van der Waals surface area contributed by atoms with Gasteiger partial charge < -0.3 is 16.4 Å². The number of nitrogens with zero attached hydrogens (tertiary/aromatic N) is 1. The Balaban J connectivity index is 2.40. The first-order chi connectivity index (χ1) is 9.01. The van der Waals surface area contributed by atoms with Crippen molar-refractivity contribution in [2.24, 2.45) is 0 Å². The summed E-state index contributed by atoms with van der Waals surface area (Å²) in [5.41, 5.74) is 6.86. The number of anilines is 2. The lowest BCUT2D eigenvalue weighted by Gasteiger charge is -2.15. The topological polar surface area (TPSA) is 87.5 Å². The van der Waals surface area contributed by atoms with Crippen molar-refractivity contribution in [1.29, 1.82) is 0 Å². The van der Waals surface area contributed by atoms with Crippen molar-refractivity contribution in [3.8, 4) is 0 Å². The Labute approximate surface area is 113 Å². The molecule has 0 spiro atoms. The highest BCUT2D eigenvalue weighted by atomic mass is 16.2. The Kier molecular flexibility index (Phi) is 5.81. The fourth-order valence-electron chi connectivity index (χ4n) is 1.62. The number of nitrogens with two attached hydrogens (primary N) is 1. The summed E-state index contributed by atoms with van der Waals surface area (Å²) in [6.07, 6.45) is 0. The first kappa shape index (κ1) is 15.0. The molecule has 0 aromatic heterocycles. The molecule has 0 atom stereocenters. The molecular weight excluding hydrogens is 244 g/mol. The standard InChI is InChI=1S/C13H20N4O2/c1-3-15-12(18)8-17(2)9-13(19)16-11-6-4-5-10(14)7-11/h4-7H,3,8-9,14H2,1-2H3,(H,15,18)(H,16,19). The monoisotopic (exact) mass is 264 g/mol. The Morgan fingerprint density at radius 2 is 1.95 bits per heavy atom. The van der Waals surface area contributed by atoms with E-state index in [-0.39, 0.29) is 24.9 Å². The van der Waals surface area contributed by atoms with Gasteiger partial charge in [0, 0.05) is 17.9 Å². The number of amides is 2. The summed E-state index contributed by atoms with van der Waals surface area (Å²) in [6, 6.07) is 6.96. The van der Waals surface area contributed by atoms with E-state index in [2.05, 4.69) is 10.6 Å². The fraction of sp³-hybridized carbons (Fsp3) is 0.385. The second kappa shape index (κ2) is 7.38. The van der Waals surface area contributed by atoms with Crippen LogP contribution in [0.1, 0.15) is 6.92 Å². The number of rotatable bonds is 6. The summed E-state index contributed by atoms with van der Waals surface area (Å²) in [7, 11) is 1.72. The molecule has 0 aliphatic heterocycles. The minimum atomic E-state index is -0.183. The van der Waals surface area contributed by atoms with Gasteiger partial charge in [-0.25, -0.2) is 0 Å². The van der Waals surface area contributed by atoms with Crippen LogP contribution in [0.5, 0.6) is 0 Å². The second-order valence-electron chi connectivity index (χ2n) is 4.30. The van der Waals surface area contributed by atoms with Crippen LogP contribution in [0.3, 0.4) is 0 Å². The molecule has 1 aromatic carbocycles. The fourth-order valence-corrected chi connectivity index (χ4v) is 1.62. The second-order valence-corrected chi connectivity index (χ2v) is 4.30. The number of hydrogen-bond acceptors (Lipinski definition) is 4. The molecule has 4 N–H and O–H groups in total. The molecule has 0 heterocycles. The van der Waals surface area contributed by atoms with E-state index in [0.29, 0.717) is 17.9 Å². The number of carbonyl (C=O) groups is 2. The maximum absolute atomic E-state index is 11.7. The van der Waals surface area contributed by atoms with E-state index in [4.69, 9.17) is 5.73 Å². The number of nitrogens with one attached hydrogen (secondary N) is 2. The molecule has 19 heavy (non-hydrogen) atoms. The molecule has 0 aliphatic rings. The van der Waals surface area contributed by atoms with Gasteiger partial charge in [0.2, 0.25) is 11.8 Å². The van der Waals surface area contributed by atoms with Gasteiger partial charge in [-0.2, -0.15) is 0 Å². The predicted octanol–water partition coefficient (Wildman–Crippen LogP) is 0.275. The van der Waals surface area contributed by atoms with Crippen LogP contribution < -0.4 is 16.4 Å². The summed E-state index contributed by atoms with van der Waals surface area (Å²) >= 11 is 0. The van der Waals surface area contributed by atoms with Crippen LogP contribution in [0.25, 0.3) is 0 Å². The van der Waals surface area contributed by atoms with Crippen LogP contribution in [0.2, 0.25) is 0 Å². The summed E-state index contributed by atoms with van der Waals surface area (Å²) in [4.78, 5) is 24.7. The van der Waals surface area contributed by atoms with Crippen LogP contribution in [-0.2, 0) is 9.59 Å². The lowest BCUT2D eigenvalue weighted by Crippen LogP contribution is -2.38. The van der Waals surface area contributed by atoms with E-state index in [9.17, 15) is 9.59 Å². The van der Waals surface area contributed by atoms with Crippen molar-refractivity contribution in [3.05, 3.63) is 24.3 Å². The number of likely N-dealkylation sites (N-methyl/N-ethyl adjacent to an activating group) is 2. The van der Waals surface area contributed by atoms with Crippen molar-refractivity contribution >= 4 is 23.2 Å². The van der Waals surface area contributed by atoms with Crippen molar-refractivity contribution in [2.45, 2.75) is 6.92 Å². The van der Waals surface area contributed by atoms with E-state index in [1.54, 1.807) is 36.2 Å². The van der Waals surface area contributed by atoms with E-state index in [0.717, 1.165) is 0 Å². The molecule has 1 aromatic rings. The van der Waals surface area contributed by atoms with Crippen LogP contribution in [0.15, 0.2) is 24.3 Å². The van der Waals surface area contributed by atoms with E-state index in [1.165, 1.54) is 0 Å². The Hall–Kier alpha value is -2.08. The molecule has 1 rings (SSSR count). The lowest BCUT2D eigenvalue weighted by atomic mass is 10.3. The Bertz CT molecular complexity index is 448. The highest BCUT2D eigenvalue weighted by Crippen LogP contribution is 2.11. The van der Waals surface area contributed by atoms with Gasteiger partial charge in [0.05, 0.1) is 13.1 Å². The molecule has 0 fully saturated rings.